The minimum absolute atomic E-state index is 0.139. The van der Waals surface area contributed by atoms with Gasteiger partial charge in [-0.05, 0) is 31.5 Å². The maximum Gasteiger partial charge on any atom is 0.338 e. The highest BCUT2D eigenvalue weighted by molar-refractivity contribution is 7.07. The molecule has 0 N–H and O–H groups in total. The van der Waals surface area contributed by atoms with Crippen LogP contribution in [0.1, 0.15) is 31.2 Å². The Morgan fingerprint density at radius 2 is 2.19 bits per heavy atom. The molecule has 0 bridgehead atoms. The second kappa shape index (κ2) is 8.15. The third kappa shape index (κ3) is 3.73. The second-order valence-electron chi connectivity index (χ2n) is 6.67. The number of nitrogens with zero attached hydrogens (tertiary/aromatic N) is 3. The first-order valence-electron chi connectivity index (χ1n) is 9.38. The Bertz CT molecular complexity index is 1380. The second-order valence-corrected chi connectivity index (χ2v) is 7.68. The lowest BCUT2D eigenvalue weighted by Crippen LogP contribution is -2.39. The van der Waals surface area contributed by atoms with E-state index < -0.39 is 16.9 Å². The monoisotopic (exact) mass is 439 g/mol. The van der Waals surface area contributed by atoms with E-state index in [1.165, 1.54) is 29.0 Å². The fourth-order valence-electron chi connectivity index (χ4n) is 3.42. The van der Waals surface area contributed by atoms with Gasteiger partial charge in [0.15, 0.2) is 4.80 Å². The fourth-order valence-corrected chi connectivity index (χ4v) is 4.44. The van der Waals surface area contributed by atoms with Crippen molar-refractivity contribution in [2.24, 2.45) is 4.99 Å². The Balaban J connectivity index is 1.99. The number of hydrogen-bond acceptors (Lipinski definition) is 8. The Hall–Kier alpha value is -3.79. The molecule has 0 spiro atoms. The minimum Gasteiger partial charge on any atom is -0.465 e. The van der Waals surface area contributed by atoms with Gasteiger partial charge in [0.2, 0.25) is 0 Å². The van der Waals surface area contributed by atoms with Crippen molar-refractivity contribution in [2.45, 2.75) is 19.9 Å². The molecule has 0 fully saturated rings. The van der Waals surface area contributed by atoms with Crippen molar-refractivity contribution >= 4 is 29.1 Å². The number of aromatic nitrogens is 1. The number of nitro groups is 1. The number of ether oxygens (including phenoxy) is 1. The Morgan fingerprint density at radius 3 is 2.87 bits per heavy atom. The fraction of sp³-hybridized carbons (Fsp3) is 0.190. The molecule has 158 valence electrons. The summed E-state index contributed by atoms with van der Waals surface area (Å²) < 4.78 is 12.2. The summed E-state index contributed by atoms with van der Waals surface area (Å²) in [7, 11) is 0. The summed E-state index contributed by atoms with van der Waals surface area (Å²) in [5.41, 5.74) is 0.441. The number of carbonyl (C=O) groups excluding carboxylic acids is 1. The molecule has 0 aliphatic carbocycles. The van der Waals surface area contributed by atoms with Crippen LogP contribution in [-0.4, -0.2) is 22.1 Å². The first kappa shape index (κ1) is 20.5. The van der Waals surface area contributed by atoms with Gasteiger partial charge in [-0.1, -0.05) is 23.5 Å². The molecule has 1 atom stereocenters. The summed E-state index contributed by atoms with van der Waals surface area (Å²) in [5.74, 6) is -0.126. The van der Waals surface area contributed by atoms with Crippen molar-refractivity contribution in [3.63, 3.8) is 0 Å². The average molecular weight is 439 g/mol. The number of esters is 1. The zero-order valence-corrected chi connectivity index (χ0v) is 17.4. The lowest BCUT2D eigenvalue weighted by atomic mass is 9.95. The molecule has 4 rings (SSSR count). The number of nitro benzene ring substituents is 1. The number of rotatable bonds is 5. The Labute approximate surface area is 179 Å². The molecule has 31 heavy (non-hydrogen) atoms. The van der Waals surface area contributed by atoms with Crippen LogP contribution >= 0.6 is 11.3 Å². The number of hydrogen-bond donors (Lipinski definition) is 0. The van der Waals surface area contributed by atoms with E-state index in [0.29, 0.717) is 26.4 Å². The van der Waals surface area contributed by atoms with Gasteiger partial charge in [-0.3, -0.25) is 19.5 Å². The minimum atomic E-state index is -0.908. The highest BCUT2D eigenvalue weighted by Crippen LogP contribution is 2.32. The quantitative estimate of drug-likeness (QED) is 0.342. The molecule has 1 aliphatic rings. The van der Waals surface area contributed by atoms with Gasteiger partial charge >= 0.3 is 5.97 Å². The lowest BCUT2D eigenvalue weighted by molar-refractivity contribution is -0.384. The van der Waals surface area contributed by atoms with Crippen molar-refractivity contribution in [1.82, 2.24) is 4.57 Å². The summed E-state index contributed by atoms with van der Waals surface area (Å²) in [4.78, 5) is 41.7. The largest absolute Gasteiger partial charge is 0.465 e. The Kier molecular flexibility index (Phi) is 5.38. The number of benzene rings is 1. The molecule has 3 aromatic rings. The number of thiazole rings is 1. The van der Waals surface area contributed by atoms with Gasteiger partial charge in [-0.2, -0.15) is 0 Å². The highest BCUT2D eigenvalue weighted by Gasteiger charge is 2.34. The predicted molar refractivity (Wildman–Crippen MR) is 112 cm³/mol. The molecule has 1 aromatic carbocycles. The molecule has 0 saturated heterocycles. The van der Waals surface area contributed by atoms with E-state index in [4.69, 9.17) is 9.15 Å². The highest BCUT2D eigenvalue weighted by atomic mass is 32.1. The van der Waals surface area contributed by atoms with Crippen LogP contribution in [0, 0.1) is 10.1 Å². The molecule has 0 unspecified atom stereocenters. The SMILES string of the molecule is CCOC(=O)C1=C(C)N=c2s/c(=C/c3ccco3)c(=O)n2[C@@H]1c1cccc([N+](=O)[O-])c1. The third-order valence-corrected chi connectivity index (χ3v) is 5.71. The molecule has 0 radical (unpaired) electrons. The summed E-state index contributed by atoms with van der Waals surface area (Å²) >= 11 is 1.15. The molecule has 0 saturated carbocycles. The van der Waals surface area contributed by atoms with Crippen LogP contribution in [0.4, 0.5) is 5.69 Å². The first-order valence-corrected chi connectivity index (χ1v) is 10.2. The third-order valence-electron chi connectivity index (χ3n) is 4.73. The average Bonchev–Trinajstić information content (AvgIpc) is 3.35. The van der Waals surface area contributed by atoms with E-state index in [-0.39, 0.29) is 23.4 Å². The zero-order valence-electron chi connectivity index (χ0n) is 16.6. The standard InChI is InChI=1S/C21H17N3O6S/c1-3-29-20(26)17-12(2)22-21-23(18(17)13-6-4-7-14(10-13)24(27)28)19(25)16(31-21)11-15-8-5-9-30-15/h4-11,18H,3H2,1-2H3/b16-11+/t18-/m1/s1. The number of allylic oxidation sites excluding steroid dienone is 1. The van der Waals surface area contributed by atoms with Gasteiger partial charge in [0.05, 0.1) is 39.6 Å². The van der Waals surface area contributed by atoms with Crippen molar-refractivity contribution in [3.8, 4) is 0 Å². The number of carbonyl (C=O) groups is 1. The van der Waals surface area contributed by atoms with Gasteiger partial charge < -0.3 is 9.15 Å². The predicted octanol–water partition coefficient (Wildman–Crippen LogP) is 2.30. The molecule has 0 amide bonds. The van der Waals surface area contributed by atoms with Gasteiger partial charge in [-0.15, -0.1) is 0 Å². The van der Waals surface area contributed by atoms with E-state index in [2.05, 4.69) is 4.99 Å². The van der Waals surface area contributed by atoms with E-state index in [0.717, 1.165) is 11.3 Å². The number of fused-ring (bicyclic) bond motifs is 1. The van der Waals surface area contributed by atoms with Crippen LogP contribution in [0.25, 0.3) is 6.08 Å². The van der Waals surface area contributed by atoms with Crippen molar-refractivity contribution in [2.75, 3.05) is 6.61 Å². The summed E-state index contributed by atoms with van der Waals surface area (Å²) in [6.45, 7) is 3.47. The summed E-state index contributed by atoms with van der Waals surface area (Å²) in [6.07, 6.45) is 3.09. The summed E-state index contributed by atoms with van der Waals surface area (Å²) in [6, 6.07) is 8.37. The number of furan rings is 1. The van der Waals surface area contributed by atoms with Crippen LogP contribution < -0.4 is 14.9 Å². The normalized spacial score (nSPS) is 16.1. The summed E-state index contributed by atoms with van der Waals surface area (Å²) in [5, 5.41) is 11.3. The molecule has 9 nitrogen and oxygen atoms in total. The van der Waals surface area contributed by atoms with Crippen molar-refractivity contribution in [3.05, 3.63) is 95.1 Å². The van der Waals surface area contributed by atoms with Gasteiger partial charge in [0, 0.05) is 18.2 Å². The van der Waals surface area contributed by atoms with Gasteiger partial charge in [0.25, 0.3) is 11.2 Å². The van der Waals surface area contributed by atoms with Crippen LogP contribution in [0.2, 0.25) is 0 Å². The maximum absolute atomic E-state index is 13.3. The van der Waals surface area contributed by atoms with E-state index in [1.807, 2.05) is 0 Å². The zero-order chi connectivity index (χ0) is 22.1. The van der Waals surface area contributed by atoms with Crippen LogP contribution in [-0.2, 0) is 9.53 Å². The Morgan fingerprint density at radius 1 is 1.39 bits per heavy atom. The van der Waals surface area contributed by atoms with Crippen LogP contribution in [0.15, 0.2) is 68.1 Å². The van der Waals surface area contributed by atoms with E-state index >= 15 is 0 Å². The smallest absolute Gasteiger partial charge is 0.338 e. The molecular weight excluding hydrogens is 422 g/mol. The van der Waals surface area contributed by atoms with E-state index in [1.54, 1.807) is 38.1 Å². The topological polar surface area (TPSA) is 117 Å². The van der Waals surface area contributed by atoms with Gasteiger partial charge in [0.1, 0.15) is 5.76 Å². The molecule has 1 aliphatic heterocycles. The molecular formula is C21H17N3O6S. The van der Waals surface area contributed by atoms with Crippen LogP contribution in [0.3, 0.4) is 0 Å². The van der Waals surface area contributed by atoms with Crippen molar-refractivity contribution in [1.29, 1.82) is 0 Å². The van der Waals surface area contributed by atoms with E-state index in [9.17, 15) is 19.7 Å². The maximum atomic E-state index is 13.3. The molecule has 10 heteroatoms. The number of non-ortho nitro benzene ring substituents is 1. The first-order chi connectivity index (χ1) is 14.9. The molecule has 3 heterocycles. The van der Waals surface area contributed by atoms with Crippen LogP contribution in [0.5, 0.6) is 0 Å². The van der Waals surface area contributed by atoms with Crippen molar-refractivity contribution < 1.29 is 18.9 Å². The lowest BCUT2D eigenvalue weighted by Gasteiger charge is -2.24. The van der Waals surface area contributed by atoms with Gasteiger partial charge in [-0.25, -0.2) is 9.79 Å². The molecule has 2 aromatic heterocycles.